The molecule has 1 aromatic heterocycles. The Morgan fingerprint density at radius 2 is 2.10 bits per heavy atom. The van der Waals surface area contributed by atoms with Crippen LogP contribution in [0.15, 0.2) is 23.4 Å². The van der Waals surface area contributed by atoms with E-state index in [4.69, 9.17) is 9.47 Å². The summed E-state index contributed by atoms with van der Waals surface area (Å²) in [6.07, 6.45) is 0.999. The van der Waals surface area contributed by atoms with E-state index in [0.717, 1.165) is 17.8 Å². The first-order valence-corrected chi connectivity index (χ1v) is 8.35. The van der Waals surface area contributed by atoms with Crippen LogP contribution in [0.3, 0.4) is 0 Å². The van der Waals surface area contributed by atoms with E-state index in [2.05, 4.69) is 14.7 Å². The third-order valence-corrected chi connectivity index (χ3v) is 4.19. The molecule has 0 atom stereocenters. The molecule has 110 valence electrons. The monoisotopic (exact) mass is 327 g/mol. The zero-order valence-electron chi connectivity index (χ0n) is 10.7. The van der Waals surface area contributed by atoms with Crippen molar-refractivity contribution in [2.24, 2.45) is 0 Å². The predicted octanol–water partition coefficient (Wildman–Crippen LogP) is 0.923. The third-order valence-electron chi connectivity index (χ3n) is 2.59. The lowest BCUT2D eigenvalue weighted by Crippen LogP contribution is -2.11. The summed E-state index contributed by atoms with van der Waals surface area (Å²) in [7, 11) is -3.49. The predicted molar refractivity (Wildman–Crippen MR) is 73.5 cm³/mol. The first-order chi connectivity index (χ1) is 9.93. The average molecular weight is 327 g/mol. The number of fused-ring (bicyclic) bond motifs is 1. The summed E-state index contributed by atoms with van der Waals surface area (Å²) < 4.78 is 36.5. The number of benzene rings is 1. The lowest BCUT2D eigenvalue weighted by atomic mass is 10.2. The minimum Gasteiger partial charge on any atom is -0.454 e. The van der Waals surface area contributed by atoms with E-state index in [1.165, 1.54) is 6.07 Å². The van der Waals surface area contributed by atoms with Gasteiger partial charge in [0.05, 0.1) is 0 Å². The Labute approximate surface area is 123 Å². The van der Waals surface area contributed by atoms with Gasteiger partial charge in [-0.05, 0) is 18.2 Å². The maximum atomic E-state index is 12.1. The Morgan fingerprint density at radius 1 is 1.33 bits per heavy atom. The molecular formula is C11H9N3O5S2. The normalized spacial score (nSPS) is 13.2. The SMILES string of the molecule is CS(=O)(=O)c1nsc(NC(=O)c2ccc3c(c2)OCO3)n1. The summed E-state index contributed by atoms with van der Waals surface area (Å²) in [5.74, 6) is 0.614. The van der Waals surface area contributed by atoms with Gasteiger partial charge in [-0.25, -0.2) is 8.42 Å². The Balaban J connectivity index is 1.79. The molecule has 2 heterocycles. The third kappa shape index (κ3) is 2.81. The van der Waals surface area contributed by atoms with Crippen LogP contribution in [0, 0.1) is 0 Å². The van der Waals surface area contributed by atoms with Gasteiger partial charge in [-0.15, -0.1) is 0 Å². The van der Waals surface area contributed by atoms with Crippen molar-refractivity contribution in [3.63, 3.8) is 0 Å². The van der Waals surface area contributed by atoms with E-state index in [1.807, 2.05) is 0 Å². The van der Waals surface area contributed by atoms with E-state index in [9.17, 15) is 13.2 Å². The maximum Gasteiger partial charge on any atom is 0.260 e. The fourth-order valence-corrected chi connectivity index (χ4v) is 3.06. The smallest absolute Gasteiger partial charge is 0.260 e. The molecule has 0 saturated heterocycles. The lowest BCUT2D eigenvalue weighted by Gasteiger charge is -2.02. The van der Waals surface area contributed by atoms with Crippen molar-refractivity contribution in [1.82, 2.24) is 9.36 Å². The molecule has 0 unspecified atom stereocenters. The van der Waals surface area contributed by atoms with E-state index >= 15 is 0 Å². The standard InChI is InChI=1S/C11H9N3O5S2/c1-21(16,17)11-13-10(20-14-11)12-9(15)6-2-3-7-8(4-6)19-5-18-7/h2-4H,5H2,1H3,(H,12,13,14,15). The number of ether oxygens (including phenoxy) is 2. The number of nitrogens with zero attached hydrogens (tertiary/aromatic N) is 2. The van der Waals surface area contributed by atoms with Crippen molar-refractivity contribution >= 4 is 32.4 Å². The van der Waals surface area contributed by atoms with Gasteiger partial charge in [-0.1, -0.05) is 0 Å². The van der Waals surface area contributed by atoms with Crippen LogP contribution in [0.2, 0.25) is 0 Å². The number of carbonyl (C=O) groups is 1. The van der Waals surface area contributed by atoms with E-state index < -0.39 is 15.7 Å². The fraction of sp³-hybridized carbons (Fsp3) is 0.182. The van der Waals surface area contributed by atoms with Crippen LogP contribution in [0.25, 0.3) is 0 Å². The van der Waals surface area contributed by atoms with E-state index in [-0.39, 0.29) is 17.1 Å². The Hall–Kier alpha value is -2.20. The zero-order chi connectivity index (χ0) is 15.0. The molecular weight excluding hydrogens is 318 g/mol. The van der Waals surface area contributed by atoms with Gasteiger partial charge < -0.3 is 9.47 Å². The number of amides is 1. The first-order valence-electron chi connectivity index (χ1n) is 5.68. The van der Waals surface area contributed by atoms with Gasteiger partial charge in [0.25, 0.3) is 11.1 Å². The van der Waals surface area contributed by atoms with E-state index in [0.29, 0.717) is 17.1 Å². The van der Waals surface area contributed by atoms with Gasteiger partial charge in [0, 0.05) is 23.4 Å². The second-order valence-corrected chi connectivity index (χ2v) is 6.84. The van der Waals surface area contributed by atoms with Gasteiger partial charge in [-0.2, -0.15) is 9.36 Å². The number of rotatable bonds is 3. The van der Waals surface area contributed by atoms with Gasteiger partial charge in [0.2, 0.25) is 21.8 Å². The van der Waals surface area contributed by atoms with Crippen LogP contribution < -0.4 is 14.8 Å². The highest BCUT2D eigenvalue weighted by Crippen LogP contribution is 2.32. The molecule has 21 heavy (non-hydrogen) atoms. The molecule has 8 nitrogen and oxygen atoms in total. The molecule has 2 aromatic rings. The van der Waals surface area contributed by atoms with Crippen LogP contribution in [0.5, 0.6) is 11.5 Å². The van der Waals surface area contributed by atoms with Crippen LogP contribution >= 0.6 is 11.5 Å². The number of aromatic nitrogens is 2. The Morgan fingerprint density at radius 3 is 2.81 bits per heavy atom. The molecule has 0 aliphatic carbocycles. The maximum absolute atomic E-state index is 12.1. The summed E-state index contributed by atoms with van der Waals surface area (Å²) in [5.41, 5.74) is 0.343. The molecule has 1 N–H and O–H groups in total. The molecule has 1 aliphatic rings. The second-order valence-electron chi connectivity index (χ2n) is 4.18. The van der Waals surface area contributed by atoms with Crippen molar-refractivity contribution < 1.29 is 22.7 Å². The summed E-state index contributed by atoms with van der Waals surface area (Å²) >= 11 is 0.797. The largest absolute Gasteiger partial charge is 0.454 e. The number of hydrogen-bond donors (Lipinski definition) is 1. The number of anilines is 1. The molecule has 0 spiro atoms. The topological polar surface area (TPSA) is 107 Å². The summed E-state index contributed by atoms with van der Waals surface area (Å²) in [4.78, 5) is 15.8. The van der Waals surface area contributed by atoms with Crippen LogP contribution in [0.4, 0.5) is 5.13 Å². The number of hydrogen-bond acceptors (Lipinski definition) is 8. The molecule has 0 radical (unpaired) electrons. The quantitative estimate of drug-likeness (QED) is 0.893. The lowest BCUT2D eigenvalue weighted by molar-refractivity contribution is 0.102. The van der Waals surface area contributed by atoms with Crippen molar-refractivity contribution in [2.75, 3.05) is 18.4 Å². The number of sulfone groups is 1. The number of carbonyl (C=O) groups excluding carboxylic acids is 1. The summed E-state index contributed by atoms with van der Waals surface area (Å²) in [6.45, 7) is 0.120. The van der Waals surface area contributed by atoms with Crippen molar-refractivity contribution in [3.05, 3.63) is 23.8 Å². The fourth-order valence-electron chi connectivity index (χ4n) is 1.62. The molecule has 0 saturated carbocycles. The molecule has 1 aliphatic heterocycles. The number of nitrogens with one attached hydrogen (secondary N) is 1. The molecule has 10 heteroatoms. The van der Waals surface area contributed by atoms with Crippen molar-refractivity contribution in [3.8, 4) is 11.5 Å². The average Bonchev–Trinajstić information content (AvgIpc) is 3.04. The van der Waals surface area contributed by atoms with Gasteiger partial charge in [0.1, 0.15) is 0 Å². The zero-order valence-corrected chi connectivity index (χ0v) is 12.3. The van der Waals surface area contributed by atoms with Crippen molar-refractivity contribution in [2.45, 2.75) is 5.16 Å². The summed E-state index contributed by atoms with van der Waals surface area (Å²) in [6, 6.07) is 4.73. The Kier molecular flexibility index (Phi) is 3.26. The molecule has 0 fully saturated rings. The highest BCUT2D eigenvalue weighted by Gasteiger charge is 2.19. The summed E-state index contributed by atoms with van der Waals surface area (Å²) in [5, 5.41) is 2.28. The van der Waals surface area contributed by atoms with Gasteiger partial charge in [-0.3, -0.25) is 10.1 Å². The van der Waals surface area contributed by atoms with Crippen LogP contribution in [-0.2, 0) is 9.84 Å². The molecule has 3 rings (SSSR count). The van der Waals surface area contributed by atoms with E-state index in [1.54, 1.807) is 12.1 Å². The molecule has 1 amide bonds. The first kappa shape index (κ1) is 13.8. The molecule has 1 aromatic carbocycles. The Bertz CT molecular complexity index is 815. The highest BCUT2D eigenvalue weighted by atomic mass is 32.2. The molecule has 0 bridgehead atoms. The van der Waals surface area contributed by atoms with Crippen LogP contribution in [-0.4, -0.2) is 36.7 Å². The van der Waals surface area contributed by atoms with Crippen LogP contribution in [0.1, 0.15) is 10.4 Å². The highest BCUT2D eigenvalue weighted by molar-refractivity contribution is 7.90. The van der Waals surface area contributed by atoms with Gasteiger partial charge >= 0.3 is 0 Å². The van der Waals surface area contributed by atoms with Gasteiger partial charge in [0.15, 0.2) is 11.5 Å². The minimum absolute atomic E-state index is 0.109. The van der Waals surface area contributed by atoms with Crippen molar-refractivity contribution in [1.29, 1.82) is 0 Å². The second kappa shape index (κ2) is 4.97. The minimum atomic E-state index is -3.49.